The molecule has 1 fully saturated rings. The standard InChI is InChI=1S/C16H28N6O2/c1-5-17-13-19-14(21-15(20-13)22-16(2,3)4)18-11-8-6-10(7-9-11)12(23)24/h10-11H,5-9H2,1-4H3,(H,23,24)(H3,17,18,19,20,21,22). The summed E-state index contributed by atoms with van der Waals surface area (Å²) in [6, 6.07) is 0.194. The number of aromatic nitrogens is 3. The first-order chi connectivity index (χ1) is 11.3. The molecule has 1 aliphatic rings. The van der Waals surface area contributed by atoms with Gasteiger partial charge in [0.15, 0.2) is 0 Å². The van der Waals surface area contributed by atoms with E-state index >= 15 is 0 Å². The fourth-order valence-electron chi connectivity index (χ4n) is 2.74. The summed E-state index contributed by atoms with van der Waals surface area (Å²) >= 11 is 0. The smallest absolute Gasteiger partial charge is 0.306 e. The number of carboxylic acids is 1. The van der Waals surface area contributed by atoms with Crippen LogP contribution in [0, 0.1) is 5.92 Å². The molecule has 0 atom stereocenters. The van der Waals surface area contributed by atoms with Crippen molar-refractivity contribution < 1.29 is 9.90 Å². The van der Waals surface area contributed by atoms with E-state index in [1.165, 1.54) is 0 Å². The SMILES string of the molecule is CCNc1nc(NC2CCC(C(=O)O)CC2)nc(NC(C)(C)C)n1. The number of hydrogen-bond donors (Lipinski definition) is 4. The van der Waals surface area contributed by atoms with Crippen molar-refractivity contribution in [2.45, 2.75) is 65.0 Å². The van der Waals surface area contributed by atoms with E-state index in [4.69, 9.17) is 5.11 Å². The van der Waals surface area contributed by atoms with E-state index in [0.717, 1.165) is 19.4 Å². The maximum Gasteiger partial charge on any atom is 0.306 e. The number of carboxylic acid groups (broad SMARTS) is 1. The van der Waals surface area contributed by atoms with E-state index < -0.39 is 5.97 Å². The van der Waals surface area contributed by atoms with Crippen molar-refractivity contribution in [3.8, 4) is 0 Å². The van der Waals surface area contributed by atoms with E-state index in [0.29, 0.717) is 30.7 Å². The molecule has 1 saturated carbocycles. The Bertz CT molecular complexity index is 564. The number of aliphatic carboxylic acids is 1. The predicted molar refractivity (Wildman–Crippen MR) is 94.4 cm³/mol. The monoisotopic (exact) mass is 336 g/mol. The molecule has 24 heavy (non-hydrogen) atoms. The van der Waals surface area contributed by atoms with Crippen LogP contribution in [0.15, 0.2) is 0 Å². The number of anilines is 3. The molecule has 0 radical (unpaired) electrons. The Morgan fingerprint density at radius 1 is 1.08 bits per heavy atom. The topological polar surface area (TPSA) is 112 Å². The second kappa shape index (κ2) is 7.63. The van der Waals surface area contributed by atoms with Crippen LogP contribution in [-0.4, -0.2) is 44.2 Å². The van der Waals surface area contributed by atoms with Crippen LogP contribution in [0.1, 0.15) is 53.4 Å². The quantitative estimate of drug-likeness (QED) is 0.627. The van der Waals surface area contributed by atoms with Crippen LogP contribution in [0.2, 0.25) is 0 Å². The largest absolute Gasteiger partial charge is 0.481 e. The molecule has 0 saturated heterocycles. The average Bonchev–Trinajstić information content (AvgIpc) is 2.46. The van der Waals surface area contributed by atoms with Crippen LogP contribution in [0.4, 0.5) is 17.8 Å². The lowest BCUT2D eigenvalue weighted by molar-refractivity contribution is -0.142. The first-order valence-electron chi connectivity index (χ1n) is 8.54. The molecular formula is C16H28N6O2. The molecule has 8 nitrogen and oxygen atoms in total. The molecule has 1 aromatic rings. The van der Waals surface area contributed by atoms with E-state index in [9.17, 15) is 4.79 Å². The van der Waals surface area contributed by atoms with Gasteiger partial charge in [-0.3, -0.25) is 4.79 Å². The Hall–Kier alpha value is -2.12. The highest BCUT2D eigenvalue weighted by atomic mass is 16.4. The minimum absolute atomic E-state index is 0.151. The molecule has 0 amide bonds. The van der Waals surface area contributed by atoms with E-state index in [1.807, 2.05) is 27.7 Å². The van der Waals surface area contributed by atoms with Crippen molar-refractivity contribution in [1.29, 1.82) is 0 Å². The average molecular weight is 336 g/mol. The van der Waals surface area contributed by atoms with E-state index in [-0.39, 0.29) is 17.5 Å². The van der Waals surface area contributed by atoms with Gasteiger partial charge in [-0.05, 0) is 53.4 Å². The fraction of sp³-hybridized carbons (Fsp3) is 0.750. The van der Waals surface area contributed by atoms with Crippen molar-refractivity contribution in [2.24, 2.45) is 5.92 Å². The fourth-order valence-corrected chi connectivity index (χ4v) is 2.74. The lowest BCUT2D eigenvalue weighted by Crippen LogP contribution is -2.31. The zero-order valence-electron chi connectivity index (χ0n) is 14.9. The summed E-state index contributed by atoms with van der Waals surface area (Å²) in [7, 11) is 0. The molecule has 4 N–H and O–H groups in total. The van der Waals surface area contributed by atoms with E-state index in [1.54, 1.807) is 0 Å². The zero-order valence-corrected chi connectivity index (χ0v) is 14.9. The molecule has 0 aliphatic heterocycles. The molecule has 0 aromatic carbocycles. The van der Waals surface area contributed by atoms with Crippen LogP contribution < -0.4 is 16.0 Å². The summed E-state index contributed by atoms with van der Waals surface area (Å²) in [5.41, 5.74) is -0.151. The van der Waals surface area contributed by atoms with Gasteiger partial charge in [-0.1, -0.05) is 0 Å². The second-order valence-corrected chi connectivity index (χ2v) is 7.24. The van der Waals surface area contributed by atoms with Gasteiger partial charge < -0.3 is 21.1 Å². The maximum absolute atomic E-state index is 11.0. The van der Waals surface area contributed by atoms with Gasteiger partial charge >= 0.3 is 5.97 Å². The predicted octanol–water partition coefficient (Wildman–Crippen LogP) is 2.57. The van der Waals surface area contributed by atoms with Gasteiger partial charge in [0.1, 0.15) is 0 Å². The number of carbonyl (C=O) groups is 1. The molecule has 0 unspecified atom stereocenters. The maximum atomic E-state index is 11.0. The highest BCUT2D eigenvalue weighted by Gasteiger charge is 2.26. The van der Waals surface area contributed by atoms with Gasteiger partial charge in [0.05, 0.1) is 5.92 Å². The number of nitrogens with zero attached hydrogens (tertiary/aromatic N) is 3. The summed E-state index contributed by atoms with van der Waals surface area (Å²) in [6.45, 7) is 8.85. The first kappa shape index (κ1) is 18.2. The molecule has 1 heterocycles. The summed E-state index contributed by atoms with van der Waals surface area (Å²) in [5, 5.41) is 18.8. The number of nitrogens with one attached hydrogen (secondary N) is 3. The molecule has 0 bridgehead atoms. The normalized spacial score (nSPS) is 21.2. The molecule has 1 aromatic heterocycles. The minimum atomic E-state index is -0.695. The van der Waals surface area contributed by atoms with Gasteiger partial charge in [-0.25, -0.2) is 0 Å². The molecule has 2 rings (SSSR count). The highest BCUT2D eigenvalue weighted by Crippen LogP contribution is 2.26. The summed E-state index contributed by atoms with van der Waals surface area (Å²) in [6.07, 6.45) is 2.99. The van der Waals surface area contributed by atoms with Crippen LogP contribution in [0.3, 0.4) is 0 Å². The molecular weight excluding hydrogens is 308 g/mol. The van der Waals surface area contributed by atoms with Crippen molar-refractivity contribution in [3.05, 3.63) is 0 Å². The second-order valence-electron chi connectivity index (χ2n) is 7.24. The third-order valence-corrected chi connectivity index (χ3v) is 3.87. The number of hydrogen-bond acceptors (Lipinski definition) is 7. The van der Waals surface area contributed by atoms with Gasteiger partial charge in [0.2, 0.25) is 17.8 Å². The minimum Gasteiger partial charge on any atom is -0.481 e. The van der Waals surface area contributed by atoms with Crippen LogP contribution in [0.25, 0.3) is 0 Å². The summed E-state index contributed by atoms with van der Waals surface area (Å²) in [4.78, 5) is 24.3. The molecule has 134 valence electrons. The first-order valence-corrected chi connectivity index (χ1v) is 8.54. The molecule has 0 spiro atoms. The van der Waals surface area contributed by atoms with Gasteiger partial charge in [-0.15, -0.1) is 0 Å². The van der Waals surface area contributed by atoms with Crippen molar-refractivity contribution in [1.82, 2.24) is 15.0 Å². The Balaban J connectivity index is 2.07. The lowest BCUT2D eigenvalue weighted by Gasteiger charge is -2.27. The van der Waals surface area contributed by atoms with Crippen molar-refractivity contribution in [3.63, 3.8) is 0 Å². The van der Waals surface area contributed by atoms with Gasteiger partial charge in [0, 0.05) is 18.1 Å². The van der Waals surface area contributed by atoms with Crippen molar-refractivity contribution in [2.75, 3.05) is 22.5 Å². The Labute approximate surface area is 142 Å². The van der Waals surface area contributed by atoms with Gasteiger partial charge in [0.25, 0.3) is 0 Å². The highest BCUT2D eigenvalue weighted by molar-refractivity contribution is 5.70. The zero-order chi connectivity index (χ0) is 17.7. The van der Waals surface area contributed by atoms with E-state index in [2.05, 4.69) is 30.9 Å². The Kier molecular flexibility index (Phi) is 5.80. The van der Waals surface area contributed by atoms with Crippen LogP contribution >= 0.6 is 0 Å². The Morgan fingerprint density at radius 2 is 1.67 bits per heavy atom. The third kappa shape index (κ3) is 5.50. The van der Waals surface area contributed by atoms with Crippen LogP contribution in [0.5, 0.6) is 0 Å². The van der Waals surface area contributed by atoms with Crippen molar-refractivity contribution >= 4 is 23.8 Å². The van der Waals surface area contributed by atoms with Crippen LogP contribution in [-0.2, 0) is 4.79 Å². The summed E-state index contributed by atoms with van der Waals surface area (Å²) in [5.74, 6) is 0.652. The molecule has 8 heteroatoms. The lowest BCUT2D eigenvalue weighted by atomic mass is 9.86. The molecule has 1 aliphatic carbocycles. The van der Waals surface area contributed by atoms with Gasteiger partial charge in [-0.2, -0.15) is 15.0 Å². The Morgan fingerprint density at radius 3 is 2.21 bits per heavy atom. The third-order valence-electron chi connectivity index (χ3n) is 3.87. The summed E-state index contributed by atoms with van der Waals surface area (Å²) < 4.78 is 0. The number of rotatable bonds is 6.